The Morgan fingerprint density at radius 2 is 2.00 bits per heavy atom. The van der Waals surface area contributed by atoms with Crippen LogP contribution in [0.4, 0.5) is 10.5 Å². The van der Waals surface area contributed by atoms with Gasteiger partial charge in [0.15, 0.2) is 5.11 Å². The van der Waals surface area contributed by atoms with Crippen LogP contribution in [0.15, 0.2) is 24.3 Å². The number of nitriles is 1. The Balaban J connectivity index is 2.14. The summed E-state index contributed by atoms with van der Waals surface area (Å²) in [5.41, 5.74) is 5.58. The first kappa shape index (κ1) is 22.4. The topological polar surface area (TPSA) is 115 Å². The first-order valence-electron chi connectivity index (χ1n) is 9.33. The average molecular weight is 418 g/mol. The van der Waals surface area contributed by atoms with Crippen LogP contribution in [0.25, 0.3) is 0 Å². The fraction of sp³-hybridized carbons (Fsp3) is 0.500. The molecule has 0 aliphatic heterocycles. The van der Waals surface area contributed by atoms with Crippen molar-refractivity contribution in [2.45, 2.75) is 51.0 Å². The fourth-order valence-corrected chi connectivity index (χ4v) is 3.40. The molecule has 156 valence electrons. The van der Waals surface area contributed by atoms with Crippen molar-refractivity contribution in [2.75, 3.05) is 12.4 Å². The smallest absolute Gasteiger partial charge is 0.412 e. The van der Waals surface area contributed by atoms with E-state index in [1.165, 1.54) is 0 Å². The minimum Gasteiger partial charge on any atom is -0.444 e. The number of ether oxygens (including phenoxy) is 1. The quantitative estimate of drug-likeness (QED) is 0.440. The highest BCUT2D eigenvalue weighted by atomic mass is 32.1. The van der Waals surface area contributed by atoms with E-state index >= 15 is 0 Å². The highest BCUT2D eigenvalue weighted by Gasteiger charge is 2.47. The Morgan fingerprint density at radius 1 is 1.31 bits per heavy atom. The van der Waals surface area contributed by atoms with Gasteiger partial charge in [0.25, 0.3) is 0 Å². The standard InChI is InChI=1S/C20H27N5O3S/c1-19(2,3)28-18(27)23-15-7-5-6-14(8-15)20(9-13(10-20)12-21)11-16(26)24-25-17(29)22-4/h5-8,13H,9-11H2,1-4H3,(H,23,27)(H,24,26)(H2,22,25,29)/t13-,20-. The van der Waals surface area contributed by atoms with Crippen molar-refractivity contribution in [3.8, 4) is 6.07 Å². The van der Waals surface area contributed by atoms with E-state index in [2.05, 4.69) is 27.6 Å². The molecule has 29 heavy (non-hydrogen) atoms. The molecule has 0 atom stereocenters. The maximum absolute atomic E-state index is 12.4. The number of anilines is 1. The lowest BCUT2D eigenvalue weighted by Crippen LogP contribution is -2.50. The van der Waals surface area contributed by atoms with Crippen molar-refractivity contribution in [1.82, 2.24) is 16.2 Å². The lowest BCUT2D eigenvalue weighted by Gasteiger charge is -2.45. The Labute approximate surface area is 176 Å². The molecule has 0 radical (unpaired) electrons. The first-order valence-corrected chi connectivity index (χ1v) is 9.74. The summed E-state index contributed by atoms with van der Waals surface area (Å²) in [6, 6.07) is 9.58. The molecule has 1 aromatic rings. The van der Waals surface area contributed by atoms with E-state index in [-0.39, 0.29) is 18.2 Å². The van der Waals surface area contributed by atoms with E-state index in [4.69, 9.17) is 17.0 Å². The molecule has 1 saturated carbocycles. The number of carbonyl (C=O) groups is 2. The molecule has 2 rings (SSSR count). The Morgan fingerprint density at radius 3 is 2.59 bits per heavy atom. The van der Waals surface area contributed by atoms with Crippen LogP contribution in [0.5, 0.6) is 0 Å². The molecule has 0 saturated heterocycles. The molecule has 0 unspecified atom stereocenters. The van der Waals surface area contributed by atoms with E-state index in [1.807, 2.05) is 18.2 Å². The number of carbonyl (C=O) groups excluding carboxylic acids is 2. The number of rotatable bonds is 4. The van der Waals surface area contributed by atoms with Crippen molar-refractivity contribution in [2.24, 2.45) is 5.92 Å². The molecule has 2 amide bonds. The normalized spacial score (nSPS) is 20.4. The van der Waals surface area contributed by atoms with Gasteiger partial charge in [0, 0.05) is 30.5 Å². The highest BCUT2D eigenvalue weighted by Crippen LogP contribution is 2.50. The SMILES string of the molecule is CNC(=S)NNC(=O)C[C@]1(c2cccc(NC(=O)OC(C)(C)C)c2)C[C@H](C#N)C1. The number of benzene rings is 1. The van der Waals surface area contributed by atoms with Gasteiger partial charge >= 0.3 is 6.09 Å². The van der Waals surface area contributed by atoms with Gasteiger partial charge in [-0.2, -0.15) is 5.26 Å². The lowest BCUT2D eigenvalue weighted by molar-refractivity contribution is -0.124. The van der Waals surface area contributed by atoms with Gasteiger partial charge in [0.2, 0.25) is 5.91 Å². The second-order valence-electron chi connectivity index (χ2n) is 8.15. The van der Waals surface area contributed by atoms with Crippen LogP contribution in [-0.2, 0) is 14.9 Å². The van der Waals surface area contributed by atoms with Gasteiger partial charge in [-0.05, 0) is 63.5 Å². The predicted octanol–water partition coefficient (Wildman–Crippen LogP) is 2.72. The summed E-state index contributed by atoms with van der Waals surface area (Å²) in [7, 11) is 1.65. The third kappa shape index (κ3) is 6.32. The van der Waals surface area contributed by atoms with Crippen LogP contribution < -0.4 is 21.5 Å². The minimum absolute atomic E-state index is 0.100. The van der Waals surface area contributed by atoms with Gasteiger partial charge < -0.3 is 10.1 Å². The zero-order valence-electron chi connectivity index (χ0n) is 17.1. The number of hydrogen-bond acceptors (Lipinski definition) is 5. The molecule has 0 spiro atoms. The molecule has 0 bridgehead atoms. The average Bonchev–Trinajstić information content (AvgIpc) is 2.60. The summed E-state index contributed by atoms with van der Waals surface area (Å²) in [4.78, 5) is 24.5. The van der Waals surface area contributed by atoms with Crippen LogP contribution in [0.3, 0.4) is 0 Å². The van der Waals surface area contributed by atoms with Crippen molar-refractivity contribution >= 4 is 35.0 Å². The maximum Gasteiger partial charge on any atom is 0.412 e. The zero-order valence-corrected chi connectivity index (χ0v) is 17.9. The third-order valence-electron chi connectivity index (χ3n) is 4.62. The molecular formula is C20H27N5O3S. The molecule has 0 heterocycles. The van der Waals surface area contributed by atoms with Gasteiger partial charge in [0.1, 0.15) is 5.60 Å². The summed E-state index contributed by atoms with van der Waals surface area (Å²) in [6.07, 6.45) is 0.794. The number of thiocarbonyl (C=S) groups is 1. The van der Waals surface area contributed by atoms with Gasteiger partial charge in [-0.1, -0.05) is 12.1 Å². The van der Waals surface area contributed by atoms with Crippen molar-refractivity contribution in [1.29, 1.82) is 5.26 Å². The third-order valence-corrected chi connectivity index (χ3v) is 4.92. The Hall–Kier alpha value is -2.86. The number of nitrogens with one attached hydrogen (secondary N) is 4. The summed E-state index contributed by atoms with van der Waals surface area (Å²) in [5.74, 6) is -0.332. The molecule has 9 heteroatoms. The molecule has 1 aliphatic rings. The maximum atomic E-state index is 12.4. The predicted molar refractivity (Wildman–Crippen MR) is 114 cm³/mol. The number of hydrazine groups is 1. The van der Waals surface area contributed by atoms with Gasteiger partial charge in [-0.15, -0.1) is 0 Å². The van der Waals surface area contributed by atoms with Gasteiger partial charge in [-0.25, -0.2) is 4.79 Å². The van der Waals surface area contributed by atoms with E-state index in [1.54, 1.807) is 33.9 Å². The van der Waals surface area contributed by atoms with Crippen molar-refractivity contribution in [3.63, 3.8) is 0 Å². The van der Waals surface area contributed by atoms with Crippen LogP contribution in [0.2, 0.25) is 0 Å². The fourth-order valence-electron chi connectivity index (χ4n) is 3.35. The molecule has 1 aromatic carbocycles. The van der Waals surface area contributed by atoms with Crippen molar-refractivity contribution in [3.05, 3.63) is 29.8 Å². The highest BCUT2D eigenvalue weighted by molar-refractivity contribution is 7.80. The number of amides is 2. The summed E-state index contributed by atoms with van der Waals surface area (Å²) in [6.45, 7) is 5.38. The monoisotopic (exact) mass is 417 g/mol. The van der Waals surface area contributed by atoms with E-state index < -0.39 is 17.1 Å². The van der Waals surface area contributed by atoms with E-state index in [0.717, 1.165) is 5.56 Å². The minimum atomic E-state index is -0.601. The number of nitrogens with zero attached hydrogens (tertiary/aromatic N) is 1. The van der Waals surface area contributed by atoms with Crippen LogP contribution in [0.1, 0.15) is 45.6 Å². The lowest BCUT2D eigenvalue weighted by atomic mass is 9.57. The Bertz CT molecular complexity index is 822. The first-order chi connectivity index (χ1) is 13.6. The second kappa shape index (κ2) is 9.09. The summed E-state index contributed by atoms with van der Waals surface area (Å²) < 4.78 is 5.29. The summed E-state index contributed by atoms with van der Waals surface area (Å²) in [5, 5.41) is 15.0. The number of hydrogen-bond donors (Lipinski definition) is 4. The second-order valence-corrected chi connectivity index (χ2v) is 8.56. The van der Waals surface area contributed by atoms with Gasteiger partial charge in [0.05, 0.1) is 6.07 Å². The van der Waals surface area contributed by atoms with Crippen molar-refractivity contribution < 1.29 is 14.3 Å². The largest absolute Gasteiger partial charge is 0.444 e. The van der Waals surface area contributed by atoms with E-state index in [0.29, 0.717) is 23.6 Å². The molecule has 4 N–H and O–H groups in total. The van der Waals surface area contributed by atoms with Crippen LogP contribution in [0, 0.1) is 17.2 Å². The molecular weight excluding hydrogens is 390 g/mol. The van der Waals surface area contributed by atoms with Gasteiger partial charge in [-0.3, -0.25) is 21.0 Å². The van der Waals surface area contributed by atoms with Crippen LogP contribution >= 0.6 is 12.2 Å². The molecule has 0 aromatic heterocycles. The van der Waals surface area contributed by atoms with Crippen LogP contribution in [-0.4, -0.2) is 29.8 Å². The van der Waals surface area contributed by atoms with E-state index in [9.17, 15) is 14.9 Å². The molecule has 8 nitrogen and oxygen atoms in total. The molecule has 1 fully saturated rings. The zero-order chi connectivity index (χ0) is 21.7. The summed E-state index contributed by atoms with van der Waals surface area (Å²) >= 11 is 4.95. The molecule has 1 aliphatic carbocycles. The Kier molecular flexibility index (Phi) is 7.03.